The van der Waals surface area contributed by atoms with Crippen molar-refractivity contribution in [2.75, 3.05) is 12.4 Å². The molecule has 0 spiro atoms. The van der Waals surface area contributed by atoms with Crippen molar-refractivity contribution < 1.29 is 9.53 Å². The summed E-state index contributed by atoms with van der Waals surface area (Å²) in [6.07, 6.45) is 1.72. The van der Waals surface area contributed by atoms with Crippen molar-refractivity contribution in [1.29, 1.82) is 0 Å². The lowest BCUT2D eigenvalue weighted by Crippen LogP contribution is -2.12. The minimum Gasteiger partial charge on any atom is -0.495 e. The number of rotatable bonds is 3. The summed E-state index contributed by atoms with van der Waals surface area (Å²) in [7, 11) is 1.59. The number of fused-ring (bicyclic) bond motifs is 1. The third kappa shape index (κ3) is 2.48. The number of aromatic nitrogens is 1. The average molecular weight is 280 g/mol. The molecule has 2 N–H and O–H groups in total. The summed E-state index contributed by atoms with van der Waals surface area (Å²) >= 11 is 0. The Kier molecular flexibility index (Phi) is 3.36. The molecule has 2 aromatic carbocycles. The number of anilines is 1. The van der Waals surface area contributed by atoms with Gasteiger partial charge in [0.25, 0.3) is 5.91 Å². The summed E-state index contributed by atoms with van der Waals surface area (Å²) in [6.45, 7) is 1.97. The van der Waals surface area contributed by atoms with Crippen molar-refractivity contribution in [2.24, 2.45) is 0 Å². The second kappa shape index (κ2) is 5.32. The fourth-order valence-electron chi connectivity index (χ4n) is 2.37. The zero-order valence-corrected chi connectivity index (χ0v) is 11.9. The molecule has 4 heteroatoms. The van der Waals surface area contributed by atoms with Crippen molar-refractivity contribution in [3.63, 3.8) is 0 Å². The highest BCUT2D eigenvalue weighted by atomic mass is 16.5. The zero-order valence-electron chi connectivity index (χ0n) is 11.9. The van der Waals surface area contributed by atoms with Gasteiger partial charge in [0.2, 0.25) is 0 Å². The lowest BCUT2D eigenvalue weighted by atomic mass is 10.1. The van der Waals surface area contributed by atoms with Crippen LogP contribution in [0.5, 0.6) is 5.75 Å². The maximum atomic E-state index is 12.5. The Balaban J connectivity index is 1.95. The molecule has 0 atom stereocenters. The summed E-state index contributed by atoms with van der Waals surface area (Å²) in [5.41, 5.74) is 3.30. The minimum atomic E-state index is -0.156. The Labute approximate surface area is 122 Å². The summed E-state index contributed by atoms with van der Waals surface area (Å²) in [6, 6.07) is 13.4. The Morgan fingerprint density at radius 3 is 2.81 bits per heavy atom. The number of hydrogen-bond acceptors (Lipinski definition) is 2. The van der Waals surface area contributed by atoms with Crippen LogP contribution in [-0.4, -0.2) is 18.0 Å². The van der Waals surface area contributed by atoms with Crippen LogP contribution in [0.4, 0.5) is 5.69 Å². The van der Waals surface area contributed by atoms with E-state index in [0.29, 0.717) is 17.0 Å². The summed E-state index contributed by atoms with van der Waals surface area (Å²) < 4.78 is 5.28. The van der Waals surface area contributed by atoms with Crippen LogP contribution in [0.1, 0.15) is 15.9 Å². The molecule has 1 amide bonds. The van der Waals surface area contributed by atoms with Gasteiger partial charge in [0.1, 0.15) is 5.75 Å². The fraction of sp³-hybridized carbons (Fsp3) is 0.118. The molecule has 0 aliphatic rings. The van der Waals surface area contributed by atoms with Gasteiger partial charge in [-0.2, -0.15) is 0 Å². The van der Waals surface area contributed by atoms with Crippen LogP contribution in [0.3, 0.4) is 0 Å². The van der Waals surface area contributed by atoms with E-state index in [4.69, 9.17) is 4.74 Å². The first-order valence-electron chi connectivity index (χ1n) is 6.71. The van der Waals surface area contributed by atoms with Crippen LogP contribution >= 0.6 is 0 Å². The third-order valence-corrected chi connectivity index (χ3v) is 3.44. The van der Waals surface area contributed by atoms with Crippen molar-refractivity contribution in [3.8, 4) is 5.75 Å². The molecule has 1 aromatic heterocycles. The van der Waals surface area contributed by atoms with Gasteiger partial charge in [0.15, 0.2) is 0 Å². The van der Waals surface area contributed by atoms with Crippen LogP contribution in [0.2, 0.25) is 0 Å². The Morgan fingerprint density at radius 2 is 2.00 bits per heavy atom. The first-order chi connectivity index (χ1) is 10.2. The van der Waals surface area contributed by atoms with Gasteiger partial charge >= 0.3 is 0 Å². The molecule has 106 valence electrons. The van der Waals surface area contributed by atoms with Gasteiger partial charge in [-0.3, -0.25) is 4.79 Å². The Morgan fingerprint density at radius 1 is 1.19 bits per heavy atom. The molecular formula is C17H16N2O2. The van der Waals surface area contributed by atoms with Gasteiger partial charge in [-0.05, 0) is 30.7 Å². The molecule has 3 aromatic rings. The second-order valence-corrected chi connectivity index (χ2v) is 4.91. The smallest absolute Gasteiger partial charge is 0.257 e. The molecule has 0 fully saturated rings. The van der Waals surface area contributed by atoms with Crippen LogP contribution in [0.15, 0.2) is 48.7 Å². The number of methoxy groups -OCH3 is 1. The number of hydrogen-bond donors (Lipinski definition) is 2. The molecule has 0 saturated heterocycles. The lowest BCUT2D eigenvalue weighted by Gasteiger charge is -2.10. The number of para-hydroxylation sites is 1. The number of benzene rings is 2. The van der Waals surface area contributed by atoms with E-state index in [2.05, 4.69) is 10.3 Å². The predicted molar refractivity (Wildman–Crippen MR) is 84.0 cm³/mol. The maximum absolute atomic E-state index is 12.5. The quantitative estimate of drug-likeness (QED) is 0.768. The topological polar surface area (TPSA) is 54.1 Å². The van der Waals surface area contributed by atoms with Gasteiger partial charge in [-0.25, -0.2) is 0 Å². The first-order valence-corrected chi connectivity index (χ1v) is 6.71. The molecule has 4 nitrogen and oxygen atoms in total. The van der Waals surface area contributed by atoms with E-state index < -0.39 is 0 Å². The number of ether oxygens (including phenoxy) is 1. The number of aryl methyl sites for hydroxylation is 1. The van der Waals surface area contributed by atoms with Crippen LogP contribution in [0.25, 0.3) is 10.9 Å². The molecule has 3 rings (SSSR count). The number of amides is 1. The van der Waals surface area contributed by atoms with Crippen LogP contribution < -0.4 is 10.1 Å². The number of carbonyl (C=O) groups excluding carboxylic acids is 1. The van der Waals surface area contributed by atoms with Crippen molar-refractivity contribution in [1.82, 2.24) is 4.98 Å². The van der Waals surface area contributed by atoms with Gasteiger partial charge < -0.3 is 15.0 Å². The molecule has 0 aliphatic heterocycles. The van der Waals surface area contributed by atoms with Crippen LogP contribution in [-0.2, 0) is 0 Å². The van der Waals surface area contributed by atoms with Gasteiger partial charge in [-0.15, -0.1) is 0 Å². The maximum Gasteiger partial charge on any atom is 0.257 e. The second-order valence-electron chi connectivity index (χ2n) is 4.91. The highest BCUT2D eigenvalue weighted by Gasteiger charge is 2.13. The molecular weight excluding hydrogens is 264 g/mol. The average Bonchev–Trinajstić information content (AvgIpc) is 2.91. The largest absolute Gasteiger partial charge is 0.495 e. The molecule has 0 aliphatic carbocycles. The number of aromatic amines is 1. The first kappa shape index (κ1) is 13.2. The standard InChI is InChI=1S/C17H16N2O2/c1-11-7-8-16(21-2)15(9-11)19-17(20)13-10-18-14-6-4-3-5-12(13)14/h3-10,18H,1-2H3,(H,19,20). The lowest BCUT2D eigenvalue weighted by molar-refractivity contribution is 0.102. The van der Waals surface area contributed by atoms with Crippen LogP contribution in [0, 0.1) is 6.92 Å². The summed E-state index contributed by atoms with van der Waals surface area (Å²) in [4.78, 5) is 15.6. The highest BCUT2D eigenvalue weighted by Crippen LogP contribution is 2.26. The van der Waals surface area contributed by atoms with E-state index in [1.165, 1.54) is 0 Å². The van der Waals surface area contributed by atoms with Gasteiger partial charge in [-0.1, -0.05) is 24.3 Å². The number of nitrogens with one attached hydrogen (secondary N) is 2. The van der Waals surface area contributed by atoms with Crippen molar-refractivity contribution in [3.05, 3.63) is 59.8 Å². The molecule has 0 radical (unpaired) electrons. The normalized spacial score (nSPS) is 10.6. The van der Waals surface area contributed by atoms with E-state index >= 15 is 0 Å². The van der Waals surface area contributed by atoms with Gasteiger partial charge in [0, 0.05) is 17.1 Å². The zero-order chi connectivity index (χ0) is 14.8. The van der Waals surface area contributed by atoms with E-state index in [1.807, 2.05) is 49.4 Å². The fourth-order valence-corrected chi connectivity index (χ4v) is 2.37. The number of H-pyrrole nitrogens is 1. The van der Waals surface area contributed by atoms with E-state index in [0.717, 1.165) is 16.5 Å². The van der Waals surface area contributed by atoms with E-state index in [1.54, 1.807) is 13.3 Å². The molecule has 21 heavy (non-hydrogen) atoms. The minimum absolute atomic E-state index is 0.156. The highest BCUT2D eigenvalue weighted by molar-refractivity contribution is 6.13. The third-order valence-electron chi connectivity index (χ3n) is 3.44. The number of carbonyl (C=O) groups is 1. The van der Waals surface area contributed by atoms with Gasteiger partial charge in [0.05, 0.1) is 18.4 Å². The SMILES string of the molecule is COc1ccc(C)cc1NC(=O)c1c[nH]c2ccccc12. The molecule has 0 bridgehead atoms. The molecule has 0 unspecified atom stereocenters. The van der Waals surface area contributed by atoms with E-state index in [-0.39, 0.29) is 5.91 Å². The van der Waals surface area contributed by atoms with Crippen molar-refractivity contribution in [2.45, 2.75) is 6.92 Å². The monoisotopic (exact) mass is 280 g/mol. The molecule has 1 heterocycles. The summed E-state index contributed by atoms with van der Waals surface area (Å²) in [5.74, 6) is 0.491. The Hall–Kier alpha value is -2.75. The van der Waals surface area contributed by atoms with E-state index in [9.17, 15) is 4.79 Å². The van der Waals surface area contributed by atoms with Crippen molar-refractivity contribution >= 4 is 22.5 Å². The predicted octanol–water partition coefficient (Wildman–Crippen LogP) is 3.74. The Bertz CT molecular complexity index is 805. The molecule has 0 saturated carbocycles. The summed E-state index contributed by atoms with van der Waals surface area (Å²) in [5, 5.41) is 3.82.